The van der Waals surface area contributed by atoms with Gasteiger partial charge in [0, 0.05) is 21.9 Å². The zero-order valence-corrected chi connectivity index (χ0v) is 13.7. The van der Waals surface area contributed by atoms with E-state index in [9.17, 15) is 4.79 Å². The van der Waals surface area contributed by atoms with Crippen molar-refractivity contribution in [3.05, 3.63) is 76.8 Å². The number of hydrogen-bond donors (Lipinski definition) is 2. The minimum atomic E-state index is -0.178. The van der Waals surface area contributed by atoms with Gasteiger partial charge in [0.2, 0.25) is 0 Å². The van der Waals surface area contributed by atoms with E-state index in [-0.39, 0.29) is 5.91 Å². The fourth-order valence-corrected chi connectivity index (χ4v) is 2.27. The number of halogens is 1. The molecule has 2 N–H and O–H groups in total. The standard InChI is InChI=1S/C17H14BrN3O2/c18-13-3-5-14(6-4-13)21-16-10-12(7-8-19-16)17(22)20-11-15-2-1-9-23-15/h1-10H,11H2,(H,19,21)(H,20,22). The highest BCUT2D eigenvalue weighted by Gasteiger charge is 2.08. The van der Waals surface area contributed by atoms with Gasteiger partial charge in [0.25, 0.3) is 5.91 Å². The number of carbonyl (C=O) groups excluding carboxylic acids is 1. The van der Waals surface area contributed by atoms with E-state index in [0.29, 0.717) is 23.7 Å². The molecule has 5 nitrogen and oxygen atoms in total. The monoisotopic (exact) mass is 371 g/mol. The van der Waals surface area contributed by atoms with E-state index in [0.717, 1.165) is 10.2 Å². The van der Waals surface area contributed by atoms with Gasteiger partial charge in [0.05, 0.1) is 12.8 Å². The quantitative estimate of drug-likeness (QED) is 0.707. The van der Waals surface area contributed by atoms with Crippen molar-refractivity contribution in [2.24, 2.45) is 0 Å². The van der Waals surface area contributed by atoms with Crippen LogP contribution < -0.4 is 10.6 Å². The summed E-state index contributed by atoms with van der Waals surface area (Å²) < 4.78 is 6.19. The molecule has 23 heavy (non-hydrogen) atoms. The first-order valence-electron chi connectivity index (χ1n) is 7.00. The van der Waals surface area contributed by atoms with Crippen LogP contribution >= 0.6 is 15.9 Å². The van der Waals surface area contributed by atoms with Gasteiger partial charge in [-0.15, -0.1) is 0 Å². The number of carbonyl (C=O) groups is 1. The smallest absolute Gasteiger partial charge is 0.251 e. The second-order valence-corrected chi connectivity index (χ2v) is 5.74. The Morgan fingerprint density at radius 3 is 2.74 bits per heavy atom. The Kier molecular flexibility index (Phi) is 4.73. The first-order valence-corrected chi connectivity index (χ1v) is 7.79. The maximum atomic E-state index is 12.2. The molecular formula is C17H14BrN3O2. The van der Waals surface area contributed by atoms with E-state index in [4.69, 9.17) is 4.42 Å². The molecule has 0 bridgehead atoms. The molecule has 1 amide bonds. The molecule has 0 aliphatic rings. The Morgan fingerprint density at radius 2 is 2.00 bits per heavy atom. The highest BCUT2D eigenvalue weighted by atomic mass is 79.9. The molecule has 116 valence electrons. The Labute approximate surface area is 141 Å². The molecule has 1 aromatic carbocycles. The Morgan fingerprint density at radius 1 is 1.17 bits per heavy atom. The van der Waals surface area contributed by atoms with Crippen LogP contribution in [0.15, 0.2) is 69.9 Å². The summed E-state index contributed by atoms with van der Waals surface area (Å²) in [5.74, 6) is 1.14. The highest BCUT2D eigenvalue weighted by Crippen LogP contribution is 2.18. The van der Waals surface area contributed by atoms with Gasteiger partial charge < -0.3 is 15.1 Å². The van der Waals surface area contributed by atoms with Crippen LogP contribution in [-0.2, 0) is 6.54 Å². The van der Waals surface area contributed by atoms with E-state index in [1.165, 1.54) is 0 Å². The fraction of sp³-hybridized carbons (Fsp3) is 0.0588. The normalized spacial score (nSPS) is 10.3. The molecule has 0 saturated carbocycles. The molecule has 0 aliphatic carbocycles. The maximum absolute atomic E-state index is 12.2. The largest absolute Gasteiger partial charge is 0.467 e. The highest BCUT2D eigenvalue weighted by molar-refractivity contribution is 9.10. The first-order chi connectivity index (χ1) is 11.2. The molecule has 0 unspecified atom stereocenters. The van der Waals surface area contributed by atoms with Crippen LogP contribution in [0.3, 0.4) is 0 Å². The first kappa shape index (κ1) is 15.3. The van der Waals surface area contributed by atoms with Crippen LogP contribution in [0.1, 0.15) is 16.1 Å². The second-order valence-electron chi connectivity index (χ2n) is 4.82. The van der Waals surface area contributed by atoms with Gasteiger partial charge in [-0.25, -0.2) is 4.98 Å². The van der Waals surface area contributed by atoms with Gasteiger partial charge in [-0.1, -0.05) is 15.9 Å². The molecule has 0 aliphatic heterocycles. The van der Waals surface area contributed by atoms with E-state index in [1.54, 1.807) is 30.7 Å². The number of nitrogens with zero attached hydrogens (tertiary/aromatic N) is 1. The van der Waals surface area contributed by atoms with Crippen LogP contribution in [-0.4, -0.2) is 10.9 Å². The third-order valence-corrected chi connectivity index (χ3v) is 3.67. The summed E-state index contributed by atoms with van der Waals surface area (Å²) in [6, 6.07) is 14.7. The van der Waals surface area contributed by atoms with Gasteiger partial charge in [0.1, 0.15) is 11.6 Å². The number of amides is 1. The molecule has 2 heterocycles. The van der Waals surface area contributed by atoms with Crippen molar-refractivity contribution < 1.29 is 9.21 Å². The van der Waals surface area contributed by atoms with Crippen molar-refractivity contribution in [2.75, 3.05) is 5.32 Å². The Hall–Kier alpha value is -2.60. The second kappa shape index (κ2) is 7.11. The van der Waals surface area contributed by atoms with Gasteiger partial charge in [-0.05, 0) is 48.5 Å². The molecule has 6 heteroatoms. The summed E-state index contributed by atoms with van der Waals surface area (Å²) in [7, 11) is 0. The average molecular weight is 372 g/mol. The number of furan rings is 1. The molecule has 0 spiro atoms. The summed E-state index contributed by atoms with van der Waals surface area (Å²) >= 11 is 3.39. The number of hydrogen-bond acceptors (Lipinski definition) is 4. The number of aromatic nitrogens is 1. The van der Waals surface area contributed by atoms with Crippen LogP contribution in [0.2, 0.25) is 0 Å². The van der Waals surface area contributed by atoms with Crippen molar-refractivity contribution in [2.45, 2.75) is 6.54 Å². The summed E-state index contributed by atoms with van der Waals surface area (Å²) in [6.07, 6.45) is 3.18. The number of anilines is 2. The van der Waals surface area contributed by atoms with Crippen LogP contribution in [0.25, 0.3) is 0 Å². The average Bonchev–Trinajstić information content (AvgIpc) is 3.08. The van der Waals surface area contributed by atoms with Crippen LogP contribution in [0, 0.1) is 0 Å². The zero-order chi connectivity index (χ0) is 16.1. The van der Waals surface area contributed by atoms with Crippen molar-refractivity contribution >= 4 is 33.3 Å². The predicted octanol–water partition coefficient (Wildman–Crippen LogP) is 4.11. The van der Waals surface area contributed by atoms with Crippen molar-refractivity contribution in [1.82, 2.24) is 10.3 Å². The third-order valence-electron chi connectivity index (χ3n) is 3.14. The van der Waals surface area contributed by atoms with Crippen molar-refractivity contribution in [3.63, 3.8) is 0 Å². The maximum Gasteiger partial charge on any atom is 0.251 e. The number of benzene rings is 1. The lowest BCUT2D eigenvalue weighted by molar-refractivity contribution is 0.0948. The van der Waals surface area contributed by atoms with E-state index >= 15 is 0 Å². The minimum Gasteiger partial charge on any atom is -0.467 e. The third kappa shape index (κ3) is 4.20. The molecule has 0 radical (unpaired) electrons. The molecule has 2 aromatic heterocycles. The Balaban J connectivity index is 1.66. The molecule has 0 saturated heterocycles. The van der Waals surface area contributed by atoms with Gasteiger partial charge in [-0.3, -0.25) is 4.79 Å². The summed E-state index contributed by atoms with van der Waals surface area (Å²) in [6.45, 7) is 0.351. The Bertz CT molecular complexity index is 786. The number of nitrogens with one attached hydrogen (secondary N) is 2. The van der Waals surface area contributed by atoms with Gasteiger partial charge in [-0.2, -0.15) is 0 Å². The lowest BCUT2D eigenvalue weighted by Crippen LogP contribution is -2.22. The van der Waals surface area contributed by atoms with Crippen molar-refractivity contribution in [3.8, 4) is 0 Å². The molecular weight excluding hydrogens is 358 g/mol. The fourth-order valence-electron chi connectivity index (χ4n) is 2.00. The molecule has 0 fully saturated rings. The van der Waals surface area contributed by atoms with Gasteiger partial charge >= 0.3 is 0 Å². The lowest BCUT2D eigenvalue weighted by Gasteiger charge is -2.08. The summed E-state index contributed by atoms with van der Waals surface area (Å²) in [4.78, 5) is 16.4. The van der Waals surface area contributed by atoms with Crippen molar-refractivity contribution in [1.29, 1.82) is 0 Å². The number of rotatable bonds is 5. The summed E-state index contributed by atoms with van der Waals surface area (Å²) in [5, 5.41) is 5.97. The van der Waals surface area contributed by atoms with E-state index < -0.39 is 0 Å². The van der Waals surface area contributed by atoms with Crippen LogP contribution in [0.4, 0.5) is 11.5 Å². The topological polar surface area (TPSA) is 67.2 Å². The SMILES string of the molecule is O=C(NCc1ccco1)c1ccnc(Nc2ccc(Br)cc2)c1. The molecule has 3 aromatic rings. The predicted molar refractivity (Wildman–Crippen MR) is 91.5 cm³/mol. The van der Waals surface area contributed by atoms with Gasteiger partial charge in [0.15, 0.2) is 0 Å². The molecule has 3 rings (SSSR count). The van der Waals surface area contributed by atoms with E-state index in [2.05, 4.69) is 31.5 Å². The minimum absolute atomic E-state index is 0.178. The lowest BCUT2D eigenvalue weighted by atomic mass is 10.2. The molecule has 0 atom stereocenters. The zero-order valence-electron chi connectivity index (χ0n) is 12.1. The van der Waals surface area contributed by atoms with Crippen LogP contribution in [0.5, 0.6) is 0 Å². The summed E-state index contributed by atoms with van der Waals surface area (Å²) in [5.41, 5.74) is 1.43. The number of pyridine rings is 1. The van der Waals surface area contributed by atoms with E-state index in [1.807, 2.05) is 30.3 Å².